The molecule has 2 amide bonds. The number of aliphatic hydroxyl groups excluding tert-OH is 1. The molecule has 46 heavy (non-hydrogen) atoms. The molecule has 3 atom stereocenters. The van der Waals surface area contributed by atoms with Crippen LogP contribution in [-0.2, 0) is 23.0 Å². The van der Waals surface area contributed by atoms with Crippen LogP contribution in [0.25, 0.3) is 0 Å². The monoisotopic (exact) mass is 642 g/mol. The number of rotatable bonds is 14. The summed E-state index contributed by atoms with van der Waals surface area (Å²) in [6.07, 6.45) is 0.447. The van der Waals surface area contributed by atoms with Crippen molar-refractivity contribution < 1.29 is 23.1 Å². The van der Waals surface area contributed by atoms with E-state index in [4.69, 9.17) is 0 Å². The molecule has 4 aromatic rings. The minimum Gasteiger partial charge on any atom is -0.390 e. The third kappa shape index (κ3) is 9.74. The summed E-state index contributed by atoms with van der Waals surface area (Å²) in [7, 11) is -2.33. The highest BCUT2D eigenvalue weighted by Gasteiger charge is 2.25. The first kappa shape index (κ1) is 34.4. The van der Waals surface area contributed by atoms with Gasteiger partial charge in [0.1, 0.15) is 0 Å². The molecule has 0 saturated carbocycles. The van der Waals surface area contributed by atoms with Crippen LogP contribution in [0.5, 0.6) is 0 Å². The van der Waals surface area contributed by atoms with E-state index < -0.39 is 34.0 Å². The topological polar surface area (TPSA) is 128 Å². The Bertz CT molecular complexity index is 1730. The summed E-state index contributed by atoms with van der Waals surface area (Å²) in [5.41, 5.74) is 4.41. The minimum absolute atomic E-state index is 0.0866. The Morgan fingerprint density at radius 3 is 2.00 bits per heavy atom. The zero-order chi connectivity index (χ0) is 33.3. The quantitative estimate of drug-likeness (QED) is 0.162. The third-order valence-corrected chi connectivity index (χ3v) is 9.00. The first-order chi connectivity index (χ1) is 21.9. The SMILES string of the molecule is Cc1cccc(CNCC(O)C(Cc2ccccc2)NC(=O)c2cc(C(=O)NC(C)c3ccccc3)cc(N(C)S(C)(=O)=O)c2)c1. The zero-order valence-corrected chi connectivity index (χ0v) is 27.4. The number of nitrogens with one attached hydrogen (secondary N) is 3. The van der Waals surface area contributed by atoms with Gasteiger partial charge in [-0.15, -0.1) is 0 Å². The Kier molecular flexibility index (Phi) is 11.7. The van der Waals surface area contributed by atoms with Crippen LogP contribution in [0.1, 0.15) is 55.9 Å². The van der Waals surface area contributed by atoms with Crippen LogP contribution in [0.15, 0.2) is 103 Å². The van der Waals surface area contributed by atoms with Gasteiger partial charge in [-0.3, -0.25) is 13.9 Å². The van der Waals surface area contributed by atoms with Crippen molar-refractivity contribution in [2.75, 3.05) is 24.2 Å². The highest BCUT2D eigenvalue weighted by molar-refractivity contribution is 7.92. The average Bonchev–Trinajstić information content (AvgIpc) is 3.04. The molecule has 4 aromatic carbocycles. The van der Waals surface area contributed by atoms with E-state index in [-0.39, 0.29) is 29.4 Å². The summed E-state index contributed by atoms with van der Waals surface area (Å²) in [5.74, 6) is -1.01. The van der Waals surface area contributed by atoms with Gasteiger partial charge >= 0.3 is 0 Å². The molecule has 0 aromatic heterocycles. The maximum atomic E-state index is 13.8. The predicted molar refractivity (Wildman–Crippen MR) is 182 cm³/mol. The zero-order valence-electron chi connectivity index (χ0n) is 26.6. The van der Waals surface area contributed by atoms with Crippen molar-refractivity contribution in [3.05, 3.63) is 137 Å². The van der Waals surface area contributed by atoms with Gasteiger partial charge < -0.3 is 21.1 Å². The number of sulfonamides is 1. The van der Waals surface area contributed by atoms with Crippen LogP contribution < -0.4 is 20.3 Å². The fourth-order valence-corrected chi connectivity index (χ4v) is 5.57. The van der Waals surface area contributed by atoms with E-state index in [0.29, 0.717) is 13.0 Å². The van der Waals surface area contributed by atoms with E-state index in [1.54, 1.807) is 0 Å². The molecule has 0 spiro atoms. The third-order valence-electron chi connectivity index (χ3n) is 7.79. The van der Waals surface area contributed by atoms with E-state index in [0.717, 1.165) is 32.8 Å². The number of benzene rings is 4. The molecule has 10 heteroatoms. The average molecular weight is 643 g/mol. The Hall–Kier alpha value is -4.51. The molecule has 0 aliphatic rings. The van der Waals surface area contributed by atoms with Gasteiger partial charge in [-0.05, 0) is 55.2 Å². The molecule has 9 nitrogen and oxygen atoms in total. The highest BCUT2D eigenvalue weighted by Crippen LogP contribution is 2.22. The highest BCUT2D eigenvalue weighted by atomic mass is 32.2. The van der Waals surface area contributed by atoms with Crippen molar-refractivity contribution in [1.82, 2.24) is 16.0 Å². The van der Waals surface area contributed by atoms with E-state index in [9.17, 15) is 23.1 Å². The number of anilines is 1. The lowest BCUT2D eigenvalue weighted by Crippen LogP contribution is -2.48. The molecule has 4 rings (SSSR count). The van der Waals surface area contributed by atoms with Crippen molar-refractivity contribution in [2.24, 2.45) is 0 Å². The minimum atomic E-state index is -3.70. The lowest BCUT2D eigenvalue weighted by Gasteiger charge is -2.26. The Morgan fingerprint density at radius 1 is 0.804 bits per heavy atom. The van der Waals surface area contributed by atoms with E-state index in [1.807, 2.05) is 92.7 Å². The maximum Gasteiger partial charge on any atom is 0.251 e. The van der Waals surface area contributed by atoms with Crippen molar-refractivity contribution >= 4 is 27.5 Å². The summed E-state index contributed by atoms with van der Waals surface area (Å²) in [5, 5.41) is 20.4. The smallest absolute Gasteiger partial charge is 0.251 e. The summed E-state index contributed by atoms with van der Waals surface area (Å²) >= 11 is 0. The van der Waals surface area contributed by atoms with E-state index >= 15 is 0 Å². The molecule has 242 valence electrons. The van der Waals surface area contributed by atoms with Gasteiger partial charge in [0.15, 0.2) is 0 Å². The van der Waals surface area contributed by atoms with Crippen LogP contribution in [0.2, 0.25) is 0 Å². The number of aliphatic hydroxyl groups is 1. The second kappa shape index (κ2) is 15.7. The van der Waals surface area contributed by atoms with Gasteiger partial charge in [0.25, 0.3) is 11.8 Å². The Morgan fingerprint density at radius 2 is 1.39 bits per heavy atom. The molecule has 3 unspecified atom stereocenters. The number of hydrogen-bond donors (Lipinski definition) is 4. The number of carbonyl (C=O) groups excluding carboxylic acids is 2. The number of amides is 2. The van der Waals surface area contributed by atoms with Gasteiger partial charge in [-0.25, -0.2) is 8.42 Å². The summed E-state index contributed by atoms with van der Waals surface area (Å²) in [4.78, 5) is 27.2. The van der Waals surface area contributed by atoms with Crippen LogP contribution in [0.3, 0.4) is 0 Å². The summed E-state index contributed by atoms with van der Waals surface area (Å²) in [6.45, 7) is 4.62. The first-order valence-electron chi connectivity index (χ1n) is 15.1. The molecule has 0 saturated heterocycles. The first-order valence-corrected chi connectivity index (χ1v) is 17.0. The van der Waals surface area contributed by atoms with Crippen molar-refractivity contribution in [3.8, 4) is 0 Å². The van der Waals surface area contributed by atoms with Crippen LogP contribution in [0, 0.1) is 6.92 Å². The summed E-state index contributed by atoms with van der Waals surface area (Å²) in [6, 6.07) is 30.3. The molecule has 0 radical (unpaired) electrons. The molecule has 4 N–H and O–H groups in total. The standard InChI is InChI=1S/C36H42N4O5S/c1-25-12-11-15-28(18-25)23-37-24-34(41)33(19-27-13-7-5-8-14-27)39-36(43)31-20-30(21-32(22-31)40(3)46(4,44)45)35(42)38-26(2)29-16-9-6-10-17-29/h5-18,20-22,26,33-34,37,41H,19,23-24H2,1-4H3,(H,38,42)(H,39,43). The van der Waals surface area contributed by atoms with Gasteiger partial charge in [0, 0.05) is 31.3 Å². The van der Waals surface area contributed by atoms with Gasteiger partial charge in [0.05, 0.1) is 30.1 Å². The summed E-state index contributed by atoms with van der Waals surface area (Å²) < 4.78 is 25.9. The normalized spacial score (nSPS) is 13.3. The van der Waals surface area contributed by atoms with E-state index in [2.05, 4.69) is 22.0 Å². The van der Waals surface area contributed by atoms with Gasteiger partial charge in [-0.2, -0.15) is 0 Å². The number of aryl methyl sites for hydroxylation is 1. The van der Waals surface area contributed by atoms with Crippen LogP contribution in [0.4, 0.5) is 5.69 Å². The molecule has 0 aliphatic carbocycles. The predicted octanol–water partition coefficient (Wildman–Crippen LogP) is 4.37. The van der Waals surface area contributed by atoms with Crippen molar-refractivity contribution in [2.45, 2.75) is 45.0 Å². The van der Waals surface area contributed by atoms with Crippen LogP contribution in [-0.4, -0.2) is 57.3 Å². The fourth-order valence-electron chi connectivity index (χ4n) is 5.08. The molecular weight excluding hydrogens is 600 g/mol. The van der Waals surface area contributed by atoms with Crippen LogP contribution >= 0.6 is 0 Å². The number of nitrogens with zero attached hydrogens (tertiary/aromatic N) is 1. The second-order valence-electron chi connectivity index (χ2n) is 11.6. The molecule has 0 bridgehead atoms. The van der Waals surface area contributed by atoms with Gasteiger partial charge in [-0.1, -0.05) is 90.5 Å². The number of hydrogen-bond acceptors (Lipinski definition) is 6. The molecule has 0 heterocycles. The molecular formula is C36H42N4O5S. The Balaban J connectivity index is 1.58. The van der Waals surface area contributed by atoms with Crippen molar-refractivity contribution in [1.29, 1.82) is 0 Å². The van der Waals surface area contributed by atoms with E-state index in [1.165, 1.54) is 25.2 Å². The van der Waals surface area contributed by atoms with Gasteiger partial charge in [0.2, 0.25) is 10.0 Å². The van der Waals surface area contributed by atoms with Crippen molar-refractivity contribution in [3.63, 3.8) is 0 Å². The fraction of sp³-hybridized carbons (Fsp3) is 0.278. The lowest BCUT2D eigenvalue weighted by atomic mass is 9.99. The molecule has 0 aliphatic heterocycles. The maximum absolute atomic E-state index is 13.8. The Labute approximate surface area is 271 Å². The largest absolute Gasteiger partial charge is 0.390 e. The lowest BCUT2D eigenvalue weighted by molar-refractivity contribution is 0.0830. The molecule has 0 fully saturated rings. The second-order valence-corrected chi connectivity index (χ2v) is 13.6. The number of carbonyl (C=O) groups is 2.